The Morgan fingerprint density at radius 3 is 1.80 bits per heavy atom. The second-order valence-corrected chi connectivity index (χ2v) is 12.9. The number of unbranched alkanes of at least 4 members (excludes halogenated alkanes) is 3. The van der Waals surface area contributed by atoms with E-state index in [9.17, 15) is 20.0 Å². The molecule has 0 aliphatic rings. The second-order valence-electron chi connectivity index (χ2n) is 12.9. The molecule has 46 heavy (non-hydrogen) atoms. The number of pyridine rings is 1. The lowest BCUT2D eigenvalue weighted by atomic mass is 9.95. The van der Waals surface area contributed by atoms with Gasteiger partial charge in [0.1, 0.15) is 11.6 Å². The van der Waals surface area contributed by atoms with E-state index in [1.54, 1.807) is 31.2 Å². The van der Waals surface area contributed by atoms with E-state index in [-0.39, 0.29) is 29.0 Å². The molecule has 254 valence electrons. The van der Waals surface area contributed by atoms with Crippen LogP contribution < -0.4 is 5.56 Å². The molecular formula is C38H59N5O3. The number of aromatic nitrogens is 1. The Kier molecular flexibility index (Phi) is 17.3. The number of hydrogen-bond acceptors (Lipinski definition) is 6. The average Bonchev–Trinajstić information content (AvgIpc) is 3.07. The molecule has 1 heterocycles. The summed E-state index contributed by atoms with van der Waals surface area (Å²) < 4.78 is 1.27. The smallest absolute Gasteiger partial charge is 0.281 e. The minimum Gasteiger partial charge on any atom is -0.493 e. The fourth-order valence-corrected chi connectivity index (χ4v) is 6.06. The highest BCUT2D eigenvalue weighted by molar-refractivity contribution is 5.94. The van der Waals surface area contributed by atoms with Crippen LogP contribution in [0.15, 0.2) is 39.3 Å². The quantitative estimate of drug-likeness (QED) is 0.138. The summed E-state index contributed by atoms with van der Waals surface area (Å²) in [5.74, 6) is 0.890. The maximum Gasteiger partial charge on any atom is 0.281 e. The topological polar surface area (TPSA) is 111 Å². The average molecular weight is 634 g/mol. The molecule has 0 bridgehead atoms. The molecule has 0 saturated heterocycles. The summed E-state index contributed by atoms with van der Waals surface area (Å²) in [4.78, 5) is 29.4. The minimum atomic E-state index is -0.461. The summed E-state index contributed by atoms with van der Waals surface area (Å²) in [6.07, 6.45) is 12.9. The van der Waals surface area contributed by atoms with Crippen LogP contribution in [-0.2, 0) is 6.54 Å². The summed E-state index contributed by atoms with van der Waals surface area (Å²) in [5.41, 5.74) is 1.03. The molecule has 0 fully saturated rings. The second kappa shape index (κ2) is 20.6. The third-order valence-corrected chi connectivity index (χ3v) is 9.46. The summed E-state index contributed by atoms with van der Waals surface area (Å²) in [7, 11) is 0. The number of nitriles is 1. The summed E-state index contributed by atoms with van der Waals surface area (Å²) in [5, 5.41) is 29.2. The molecule has 0 radical (unpaired) electrons. The molecule has 3 unspecified atom stereocenters. The molecule has 8 nitrogen and oxygen atoms in total. The molecule has 0 saturated carbocycles. The van der Waals surface area contributed by atoms with E-state index in [2.05, 4.69) is 56.7 Å². The van der Waals surface area contributed by atoms with Crippen LogP contribution in [-0.4, -0.2) is 33.6 Å². The molecule has 0 aliphatic heterocycles. The third kappa shape index (κ3) is 11.1. The third-order valence-electron chi connectivity index (χ3n) is 9.46. The summed E-state index contributed by atoms with van der Waals surface area (Å²) >= 11 is 0. The fourth-order valence-electron chi connectivity index (χ4n) is 6.06. The first-order valence-electron chi connectivity index (χ1n) is 17.9. The lowest BCUT2D eigenvalue weighted by Crippen LogP contribution is -2.39. The molecule has 8 heteroatoms. The first-order chi connectivity index (χ1) is 22.2. The van der Waals surface area contributed by atoms with E-state index in [0.717, 1.165) is 77.3 Å². The zero-order valence-electron chi connectivity index (χ0n) is 29.6. The zero-order valence-corrected chi connectivity index (χ0v) is 29.6. The SMILES string of the molecule is CCCCC(CC)CN(CC(CC)CCCC)C(=O)c1ccc(N=Nc2c(C)c(C#N)c(O)n(CC(CC)CCCC)c2=O)cc1. The van der Waals surface area contributed by atoms with Gasteiger partial charge in [-0.25, -0.2) is 0 Å². The number of rotatable bonds is 21. The molecule has 0 aliphatic carbocycles. The van der Waals surface area contributed by atoms with Gasteiger partial charge in [0, 0.05) is 30.8 Å². The van der Waals surface area contributed by atoms with E-state index >= 15 is 0 Å². The van der Waals surface area contributed by atoms with Crippen molar-refractivity contribution in [2.24, 2.45) is 28.0 Å². The van der Waals surface area contributed by atoms with Crippen molar-refractivity contribution in [2.45, 2.75) is 132 Å². The Morgan fingerprint density at radius 2 is 1.35 bits per heavy atom. The number of benzene rings is 1. The normalized spacial score (nSPS) is 13.4. The van der Waals surface area contributed by atoms with Gasteiger partial charge in [-0.15, -0.1) is 5.11 Å². The lowest BCUT2D eigenvalue weighted by molar-refractivity contribution is 0.0685. The molecule has 2 aromatic rings. The zero-order chi connectivity index (χ0) is 34.1. The van der Waals surface area contributed by atoms with Crippen molar-refractivity contribution in [3.8, 4) is 11.9 Å². The van der Waals surface area contributed by atoms with Gasteiger partial charge in [-0.3, -0.25) is 14.2 Å². The number of aromatic hydroxyl groups is 1. The Hall–Kier alpha value is -3.47. The number of amides is 1. The van der Waals surface area contributed by atoms with Crippen LogP contribution >= 0.6 is 0 Å². The lowest BCUT2D eigenvalue weighted by Gasteiger charge is -2.31. The van der Waals surface area contributed by atoms with E-state index < -0.39 is 5.56 Å². The van der Waals surface area contributed by atoms with Gasteiger partial charge < -0.3 is 10.0 Å². The van der Waals surface area contributed by atoms with Gasteiger partial charge in [0.2, 0.25) is 5.88 Å². The van der Waals surface area contributed by atoms with Gasteiger partial charge in [-0.2, -0.15) is 10.4 Å². The van der Waals surface area contributed by atoms with Crippen molar-refractivity contribution in [1.29, 1.82) is 5.26 Å². The fraction of sp³-hybridized carbons (Fsp3) is 0.658. The van der Waals surface area contributed by atoms with Crippen LogP contribution in [0.5, 0.6) is 5.88 Å². The summed E-state index contributed by atoms with van der Waals surface area (Å²) in [6.45, 7) is 16.5. The summed E-state index contributed by atoms with van der Waals surface area (Å²) in [6, 6.07) is 9.10. The first kappa shape index (κ1) is 38.7. The molecule has 1 aromatic carbocycles. The van der Waals surface area contributed by atoms with Gasteiger partial charge >= 0.3 is 0 Å². The van der Waals surface area contributed by atoms with Crippen molar-refractivity contribution >= 4 is 17.3 Å². The Balaban J connectivity index is 2.37. The van der Waals surface area contributed by atoms with E-state index in [0.29, 0.717) is 35.2 Å². The Morgan fingerprint density at radius 1 is 0.848 bits per heavy atom. The predicted octanol–water partition coefficient (Wildman–Crippen LogP) is 10.2. The molecule has 2 rings (SSSR count). The number of hydrogen-bond donors (Lipinski definition) is 1. The van der Waals surface area contributed by atoms with Crippen LogP contribution in [0.25, 0.3) is 0 Å². The van der Waals surface area contributed by atoms with Gasteiger partial charge in [0.25, 0.3) is 11.5 Å². The van der Waals surface area contributed by atoms with Crippen LogP contribution in [0.1, 0.15) is 140 Å². The standard InChI is InChI=1S/C38H59N5O3/c1-8-14-17-29(11-4)25-42(26-30(12-5)18-15-9-2)36(44)32-20-22-33(23-21-32)40-41-35-28(7)34(24-39)37(45)43(38(35)46)27-31(13-6)19-16-10-3/h20-23,29-31,45H,8-19,25-27H2,1-7H3. The number of carbonyl (C=O) groups is 1. The Labute approximate surface area is 277 Å². The first-order valence-corrected chi connectivity index (χ1v) is 17.9. The van der Waals surface area contributed by atoms with E-state index in [4.69, 9.17) is 0 Å². The molecule has 1 aromatic heterocycles. The van der Waals surface area contributed by atoms with Crippen LogP contribution in [0.4, 0.5) is 11.4 Å². The number of carbonyl (C=O) groups excluding carboxylic acids is 1. The maximum atomic E-state index is 13.9. The van der Waals surface area contributed by atoms with Gasteiger partial charge in [0.05, 0.1) is 5.69 Å². The van der Waals surface area contributed by atoms with Gasteiger partial charge in [0.15, 0.2) is 5.69 Å². The van der Waals surface area contributed by atoms with Gasteiger partial charge in [-0.05, 0) is 68.2 Å². The number of nitrogens with zero attached hydrogens (tertiary/aromatic N) is 5. The van der Waals surface area contributed by atoms with Crippen molar-refractivity contribution in [3.63, 3.8) is 0 Å². The predicted molar refractivity (Wildman–Crippen MR) is 188 cm³/mol. The largest absolute Gasteiger partial charge is 0.493 e. The number of azo groups is 1. The molecule has 3 atom stereocenters. The van der Waals surface area contributed by atoms with E-state index in [1.807, 2.05) is 6.07 Å². The van der Waals surface area contributed by atoms with Crippen molar-refractivity contribution in [2.75, 3.05) is 13.1 Å². The molecule has 0 spiro atoms. The highest BCUT2D eigenvalue weighted by Gasteiger charge is 2.23. The minimum absolute atomic E-state index is 0.0357. The van der Waals surface area contributed by atoms with Crippen LogP contribution in [0.3, 0.4) is 0 Å². The van der Waals surface area contributed by atoms with Crippen LogP contribution in [0.2, 0.25) is 0 Å². The van der Waals surface area contributed by atoms with Gasteiger partial charge in [-0.1, -0.05) is 99.3 Å². The van der Waals surface area contributed by atoms with Crippen molar-refractivity contribution in [3.05, 3.63) is 51.3 Å². The monoisotopic (exact) mass is 633 g/mol. The van der Waals surface area contributed by atoms with Crippen LogP contribution in [0, 0.1) is 36.0 Å². The van der Waals surface area contributed by atoms with E-state index in [1.165, 1.54) is 17.4 Å². The van der Waals surface area contributed by atoms with Crippen molar-refractivity contribution in [1.82, 2.24) is 9.47 Å². The highest BCUT2D eigenvalue weighted by atomic mass is 16.3. The van der Waals surface area contributed by atoms with Crippen molar-refractivity contribution < 1.29 is 9.90 Å². The Bertz CT molecular complexity index is 1320. The maximum absolute atomic E-state index is 13.9. The molecule has 1 amide bonds. The molecule has 1 N–H and O–H groups in total. The molecular weight excluding hydrogens is 574 g/mol. The highest BCUT2D eigenvalue weighted by Crippen LogP contribution is 2.29.